The fourth-order valence-electron chi connectivity index (χ4n) is 7.18. The number of alkyl halides is 3. The first-order valence-electron chi connectivity index (χ1n) is 15.5. The van der Waals surface area contributed by atoms with Gasteiger partial charge >= 0.3 is 6.18 Å². The van der Waals surface area contributed by atoms with Gasteiger partial charge in [-0.25, -0.2) is 40.6 Å². The molecule has 2 aromatic heterocycles. The SMILES string of the molecule is O=S1(=O)CC2C(C1)C2Nc1nccc(-c2sc(N3C4CCC3COC4)nc2-c2cccc(NS(=O)(=O)c3c(F)cccc3C(F)(F)F)c2F)n1. The van der Waals surface area contributed by atoms with Gasteiger partial charge < -0.3 is 15.0 Å². The number of aromatic nitrogens is 3. The molecule has 19 heteroatoms. The molecular formula is C31H27F5N6O5S3. The molecule has 3 aliphatic heterocycles. The number of halogens is 5. The van der Waals surface area contributed by atoms with Crippen LogP contribution in [0.25, 0.3) is 21.8 Å². The van der Waals surface area contributed by atoms with E-state index in [1.165, 1.54) is 29.7 Å². The Morgan fingerprint density at radius 3 is 2.36 bits per heavy atom. The van der Waals surface area contributed by atoms with Crippen LogP contribution in [0, 0.1) is 23.5 Å². The lowest BCUT2D eigenvalue weighted by Crippen LogP contribution is -2.45. The van der Waals surface area contributed by atoms with Crippen LogP contribution in [-0.4, -0.2) is 74.6 Å². The molecule has 4 aromatic rings. The Labute approximate surface area is 286 Å². The van der Waals surface area contributed by atoms with Gasteiger partial charge in [0.15, 0.2) is 20.8 Å². The largest absolute Gasteiger partial charge is 0.417 e. The number of hydrogen-bond donors (Lipinski definition) is 2. The summed E-state index contributed by atoms with van der Waals surface area (Å²) in [6.07, 6.45) is -2.00. The number of benzene rings is 2. The molecule has 4 atom stereocenters. The second kappa shape index (κ2) is 11.8. The van der Waals surface area contributed by atoms with E-state index in [2.05, 4.69) is 20.2 Å². The van der Waals surface area contributed by atoms with Crippen molar-refractivity contribution >= 4 is 48.0 Å². The molecule has 4 unspecified atom stereocenters. The van der Waals surface area contributed by atoms with Crippen molar-refractivity contribution in [3.63, 3.8) is 0 Å². The van der Waals surface area contributed by atoms with E-state index in [1.807, 2.05) is 4.72 Å². The maximum Gasteiger partial charge on any atom is 0.417 e. The van der Waals surface area contributed by atoms with E-state index in [0.717, 1.165) is 25.0 Å². The van der Waals surface area contributed by atoms with Gasteiger partial charge in [0.05, 0.1) is 64.3 Å². The molecule has 50 heavy (non-hydrogen) atoms. The van der Waals surface area contributed by atoms with Crippen molar-refractivity contribution in [3.05, 3.63) is 65.9 Å². The summed E-state index contributed by atoms with van der Waals surface area (Å²) in [5, 5.41) is 3.76. The highest BCUT2D eigenvalue weighted by molar-refractivity contribution is 7.92. The molecule has 0 radical (unpaired) electrons. The van der Waals surface area contributed by atoms with Crippen LogP contribution in [-0.2, 0) is 30.8 Å². The van der Waals surface area contributed by atoms with Gasteiger partial charge in [-0.05, 0) is 55.0 Å². The number of nitrogens with one attached hydrogen (secondary N) is 2. The number of anilines is 3. The molecule has 264 valence electrons. The second-order valence-corrected chi connectivity index (χ2v) is 17.5. The number of rotatable bonds is 8. The van der Waals surface area contributed by atoms with Crippen molar-refractivity contribution in [3.8, 4) is 21.8 Å². The van der Waals surface area contributed by atoms with Gasteiger partial charge in [-0.3, -0.25) is 4.72 Å². The maximum atomic E-state index is 16.4. The number of hydrogen-bond acceptors (Lipinski definition) is 11. The Bertz CT molecular complexity index is 2200. The summed E-state index contributed by atoms with van der Waals surface area (Å²) in [7, 11) is -8.34. The summed E-state index contributed by atoms with van der Waals surface area (Å²) in [5.74, 6) is -2.46. The minimum atomic E-state index is -5.28. The highest BCUT2D eigenvalue weighted by Gasteiger charge is 2.59. The molecule has 8 rings (SSSR count). The molecule has 1 saturated carbocycles. The van der Waals surface area contributed by atoms with Crippen molar-refractivity contribution in [2.75, 3.05) is 39.7 Å². The second-order valence-electron chi connectivity index (χ2n) is 12.7. The lowest BCUT2D eigenvalue weighted by atomic mass is 10.1. The molecule has 2 aromatic carbocycles. The molecule has 4 aliphatic rings. The molecule has 5 heterocycles. The van der Waals surface area contributed by atoms with Crippen molar-refractivity contribution in [1.82, 2.24) is 15.0 Å². The number of nitrogens with zero attached hydrogens (tertiary/aromatic N) is 4. The first kappa shape index (κ1) is 33.2. The molecule has 0 amide bonds. The van der Waals surface area contributed by atoms with E-state index >= 15 is 4.39 Å². The van der Waals surface area contributed by atoms with Crippen LogP contribution in [0.5, 0.6) is 0 Å². The van der Waals surface area contributed by atoms with E-state index < -0.39 is 53.8 Å². The summed E-state index contributed by atoms with van der Waals surface area (Å²) in [4.78, 5) is 14.6. The Morgan fingerprint density at radius 2 is 1.66 bits per heavy atom. The minimum Gasteiger partial charge on any atom is -0.377 e. The van der Waals surface area contributed by atoms with Gasteiger partial charge in [-0.1, -0.05) is 23.5 Å². The smallest absolute Gasteiger partial charge is 0.377 e. The zero-order valence-corrected chi connectivity index (χ0v) is 28.1. The van der Waals surface area contributed by atoms with Crippen LogP contribution in [0.4, 0.5) is 38.7 Å². The molecule has 2 bridgehead atoms. The Hall–Kier alpha value is -3.94. The van der Waals surface area contributed by atoms with E-state index in [0.29, 0.717) is 41.0 Å². The van der Waals surface area contributed by atoms with Gasteiger partial charge in [0.25, 0.3) is 10.0 Å². The third-order valence-corrected chi connectivity index (χ3v) is 13.8. The molecule has 3 saturated heterocycles. The summed E-state index contributed by atoms with van der Waals surface area (Å²) in [6.45, 7) is 0.951. The predicted molar refractivity (Wildman–Crippen MR) is 174 cm³/mol. The van der Waals surface area contributed by atoms with Crippen LogP contribution < -0.4 is 14.9 Å². The number of sulfone groups is 1. The molecular weight excluding hydrogens is 728 g/mol. The van der Waals surface area contributed by atoms with Crippen LogP contribution >= 0.6 is 11.3 Å². The molecule has 4 fully saturated rings. The molecule has 2 N–H and O–H groups in total. The van der Waals surface area contributed by atoms with Crippen LogP contribution in [0.3, 0.4) is 0 Å². The summed E-state index contributed by atoms with van der Waals surface area (Å²) < 4.78 is 130. The predicted octanol–water partition coefficient (Wildman–Crippen LogP) is 5.19. The van der Waals surface area contributed by atoms with E-state index in [-0.39, 0.29) is 58.7 Å². The maximum absolute atomic E-state index is 16.4. The van der Waals surface area contributed by atoms with Gasteiger partial charge in [-0.2, -0.15) is 13.2 Å². The third-order valence-electron chi connectivity index (χ3n) is 9.52. The summed E-state index contributed by atoms with van der Waals surface area (Å²) in [5.41, 5.74) is -2.19. The van der Waals surface area contributed by atoms with Crippen molar-refractivity contribution in [1.29, 1.82) is 0 Å². The summed E-state index contributed by atoms with van der Waals surface area (Å²) >= 11 is 1.23. The van der Waals surface area contributed by atoms with Crippen molar-refractivity contribution < 1.29 is 43.5 Å². The lowest BCUT2D eigenvalue weighted by Gasteiger charge is -2.34. The average molecular weight is 755 g/mol. The van der Waals surface area contributed by atoms with Gasteiger partial charge in [0, 0.05) is 17.8 Å². The van der Waals surface area contributed by atoms with E-state index in [1.54, 1.807) is 6.07 Å². The number of sulfonamides is 1. The highest BCUT2D eigenvalue weighted by atomic mass is 32.2. The van der Waals surface area contributed by atoms with Gasteiger partial charge in [-0.15, -0.1) is 0 Å². The highest BCUT2D eigenvalue weighted by Crippen LogP contribution is 2.49. The number of fused-ring (bicyclic) bond motifs is 3. The number of ether oxygens (including phenoxy) is 1. The fraction of sp³-hybridized carbons (Fsp3) is 0.387. The van der Waals surface area contributed by atoms with Crippen molar-refractivity contribution in [2.24, 2.45) is 11.8 Å². The Balaban J connectivity index is 1.18. The monoisotopic (exact) mass is 754 g/mol. The molecule has 11 nitrogen and oxygen atoms in total. The van der Waals surface area contributed by atoms with Crippen LogP contribution in [0.15, 0.2) is 53.6 Å². The van der Waals surface area contributed by atoms with Gasteiger partial charge in [0.2, 0.25) is 5.95 Å². The normalized spacial score (nSPS) is 25.4. The minimum absolute atomic E-state index is 0.0281. The van der Waals surface area contributed by atoms with Crippen LogP contribution in [0.1, 0.15) is 18.4 Å². The average Bonchev–Trinajstić information content (AvgIpc) is 3.34. The zero-order chi connectivity index (χ0) is 35.2. The fourth-order valence-corrected chi connectivity index (χ4v) is 11.9. The van der Waals surface area contributed by atoms with Gasteiger partial charge in [0.1, 0.15) is 10.7 Å². The Kier molecular flexibility index (Phi) is 7.85. The van der Waals surface area contributed by atoms with E-state index in [4.69, 9.17) is 9.72 Å². The number of thiazole rings is 1. The zero-order valence-electron chi connectivity index (χ0n) is 25.7. The molecule has 1 aliphatic carbocycles. The third kappa shape index (κ3) is 5.86. The van der Waals surface area contributed by atoms with Crippen molar-refractivity contribution in [2.45, 2.75) is 42.0 Å². The lowest BCUT2D eigenvalue weighted by molar-refractivity contribution is -0.140. The first-order chi connectivity index (χ1) is 23.7. The van der Waals surface area contributed by atoms with Crippen LogP contribution in [0.2, 0.25) is 0 Å². The Morgan fingerprint density at radius 1 is 0.960 bits per heavy atom. The van der Waals surface area contributed by atoms with E-state index in [9.17, 15) is 34.4 Å². The first-order valence-corrected chi connectivity index (χ1v) is 19.7. The standard InChI is InChI=1S/C31H27F5N6O5S3/c32-21-5-2-4-20(31(34,35)36)28(21)50(45,46)41-22-6-1-3-17(24(22)33)26-27(48-30(40-26)42-15-7-8-16(42)12-47-11-15)23-9-10-37-29(38-23)39-25-18-13-49(43,44)14-19(18)25/h1-6,9-10,15-16,18-19,25,41H,7-8,11-14H2,(H,37,38,39). The topological polar surface area (TPSA) is 143 Å². The molecule has 0 spiro atoms. The number of morpholine rings is 1. The summed E-state index contributed by atoms with van der Waals surface area (Å²) in [6, 6.07) is 6.93. The quantitative estimate of drug-likeness (QED) is 0.231.